The number of aliphatic hydroxyl groups is 2. The van der Waals surface area contributed by atoms with Gasteiger partial charge in [-0.05, 0) is 78.7 Å². The number of aromatic hydroxyl groups is 1. The lowest BCUT2D eigenvalue weighted by Gasteiger charge is -2.14. The molecule has 0 aliphatic carbocycles. The predicted molar refractivity (Wildman–Crippen MR) is 140 cm³/mol. The van der Waals surface area contributed by atoms with Gasteiger partial charge >= 0.3 is 0 Å². The van der Waals surface area contributed by atoms with Gasteiger partial charge in [0.2, 0.25) is 5.91 Å². The first kappa shape index (κ1) is 27.4. The fourth-order valence-electron chi connectivity index (χ4n) is 4.01. The summed E-state index contributed by atoms with van der Waals surface area (Å²) >= 11 is 0. The van der Waals surface area contributed by atoms with E-state index >= 15 is 0 Å². The summed E-state index contributed by atoms with van der Waals surface area (Å²) in [5, 5.41) is 32.6. The van der Waals surface area contributed by atoms with Gasteiger partial charge in [-0.1, -0.05) is 42.5 Å². The maximum Gasteiger partial charge on any atom is 0.248 e. The molecule has 3 aromatic rings. The molecule has 0 spiro atoms. The van der Waals surface area contributed by atoms with Crippen molar-refractivity contribution < 1.29 is 24.9 Å². The number of phenols is 1. The average molecular weight is 493 g/mol. The number of hydrogen-bond acceptors (Lipinski definition) is 6. The molecule has 0 aliphatic heterocycles. The molecule has 1 atom stereocenters. The number of hydrogen-bond donors (Lipinski definition) is 5. The van der Waals surface area contributed by atoms with Crippen LogP contribution in [0.1, 0.15) is 57.1 Å². The van der Waals surface area contributed by atoms with Crippen molar-refractivity contribution in [1.82, 2.24) is 5.32 Å². The highest BCUT2D eigenvalue weighted by Crippen LogP contribution is 2.22. The highest BCUT2D eigenvalue weighted by molar-refractivity contribution is 5.92. The van der Waals surface area contributed by atoms with Crippen molar-refractivity contribution in [2.24, 2.45) is 5.73 Å². The Hall–Kier alpha value is -3.23. The van der Waals surface area contributed by atoms with Gasteiger partial charge in [-0.3, -0.25) is 4.79 Å². The van der Waals surface area contributed by atoms with E-state index in [4.69, 9.17) is 10.5 Å². The van der Waals surface area contributed by atoms with Crippen molar-refractivity contribution in [3.63, 3.8) is 0 Å². The molecule has 3 rings (SSSR count). The lowest BCUT2D eigenvalue weighted by molar-refractivity contribution is 0.1000. The summed E-state index contributed by atoms with van der Waals surface area (Å²) in [6.07, 6.45) is 2.90. The number of aliphatic hydroxyl groups excluding tert-OH is 2. The second-order valence-electron chi connectivity index (χ2n) is 8.91. The van der Waals surface area contributed by atoms with Crippen molar-refractivity contribution in [1.29, 1.82) is 0 Å². The molecule has 36 heavy (non-hydrogen) atoms. The van der Waals surface area contributed by atoms with E-state index in [0.717, 1.165) is 36.8 Å². The van der Waals surface area contributed by atoms with Gasteiger partial charge in [-0.2, -0.15) is 0 Å². The van der Waals surface area contributed by atoms with E-state index in [-0.39, 0.29) is 12.4 Å². The van der Waals surface area contributed by atoms with Gasteiger partial charge in [0.1, 0.15) is 5.75 Å². The zero-order valence-electron chi connectivity index (χ0n) is 20.5. The summed E-state index contributed by atoms with van der Waals surface area (Å²) in [5.74, 6) is -0.375. The van der Waals surface area contributed by atoms with Crippen LogP contribution in [0.5, 0.6) is 5.75 Å². The van der Waals surface area contributed by atoms with Crippen LogP contribution in [0.2, 0.25) is 0 Å². The molecule has 0 fully saturated rings. The van der Waals surface area contributed by atoms with Crippen molar-refractivity contribution in [3.8, 4) is 5.75 Å². The Morgan fingerprint density at radius 3 is 2.47 bits per heavy atom. The van der Waals surface area contributed by atoms with Crippen LogP contribution in [0.4, 0.5) is 0 Å². The summed E-state index contributed by atoms with van der Waals surface area (Å²) in [7, 11) is 0. The third-order valence-corrected chi connectivity index (χ3v) is 6.06. The van der Waals surface area contributed by atoms with E-state index in [1.165, 1.54) is 11.6 Å². The Bertz CT molecular complexity index is 1120. The van der Waals surface area contributed by atoms with Crippen molar-refractivity contribution in [2.45, 2.75) is 45.0 Å². The van der Waals surface area contributed by atoms with Crippen molar-refractivity contribution >= 4 is 5.91 Å². The van der Waals surface area contributed by atoms with Gasteiger partial charge < -0.3 is 31.1 Å². The van der Waals surface area contributed by atoms with Crippen LogP contribution < -0.4 is 11.1 Å². The Morgan fingerprint density at radius 2 is 1.69 bits per heavy atom. The molecule has 0 aliphatic rings. The van der Waals surface area contributed by atoms with E-state index in [2.05, 4.69) is 23.5 Å². The highest BCUT2D eigenvalue weighted by Gasteiger charge is 2.10. The van der Waals surface area contributed by atoms with Gasteiger partial charge in [0.05, 0.1) is 19.3 Å². The molecular weight excluding hydrogens is 456 g/mol. The summed E-state index contributed by atoms with van der Waals surface area (Å²) < 4.78 is 5.85. The number of ether oxygens (including phenoxy) is 1. The van der Waals surface area contributed by atoms with Crippen LogP contribution in [0.3, 0.4) is 0 Å². The highest BCUT2D eigenvalue weighted by atomic mass is 16.5. The maximum atomic E-state index is 11.3. The molecule has 0 radical (unpaired) electrons. The summed E-state index contributed by atoms with van der Waals surface area (Å²) in [6, 6.07) is 20.5. The van der Waals surface area contributed by atoms with Gasteiger partial charge in [-0.25, -0.2) is 0 Å². The number of nitrogens with one attached hydrogen (secondary N) is 1. The first-order chi connectivity index (χ1) is 17.5. The Kier molecular flexibility index (Phi) is 10.9. The molecule has 0 unspecified atom stereocenters. The zero-order valence-corrected chi connectivity index (χ0v) is 20.5. The van der Waals surface area contributed by atoms with E-state index in [1.54, 1.807) is 18.2 Å². The fraction of sp³-hybridized carbons (Fsp3) is 0.345. The Morgan fingerprint density at radius 1 is 0.944 bits per heavy atom. The number of benzene rings is 3. The number of nitrogens with two attached hydrogens (primary N) is 1. The SMILES string of the molecule is NC(=O)c1cccc(CCCCOCc2cccc(CCNC[C@@H](O)c3ccc(O)c(CO)c3)c2)c1. The maximum absolute atomic E-state index is 11.3. The molecule has 0 heterocycles. The number of rotatable bonds is 15. The van der Waals surface area contributed by atoms with E-state index < -0.39 is 12.0 Å². The molecule has 0 aromatic heterocycles. The molecule has 1 amide bonds. The summed E-state index contributed by atoms with van der Waals surface area (Å²) in [5.41, 5.74) is 10.4. The first-order valence-corrected chi connectivity index (χ1v) is 12.3. The van der Waals surface area contributed by atoms with Crippen LogP contribution in [0.15, 0.2) is 66.7 Å². The van der Waals surface area contributed by atoms with Crippen LogP contribution >= 0.6 is 0 Å². The second kappa shape index (κ2) is 14.4. The number of carbonyl (C=O) groups is 1. The van der Waals surface area contributed by atoms with Gasteiger partial charge in [0.15, 0.2) is 0 Å². The van der Waals surface area contributed by atoms with Crippen molar-refractivity contribution in [3.05, 3.63) is 100 Å². The number of primary amides is 1. The topological polar surface area (TPSA) is 125 Å². The quantitative estimate of drug-likeness (QED) is 0.207. The lowest BCUT2D eigenvalue weighted by atomic mass is 10.0. The normalized spacial score (nSPS) is 11.9. The summed E-state index contributed by atoms with van der Waals surface area (Å²) in [6.45, 7) is 2.06. The number of aryl methyl sites for hydroxylation is 1. The second-order valence-corrected chi connectivity index (χ2v) is 8.91. The molecule has 192 valence electrons. The smallest absolute Gasteiger partial charge is 0.248 e. The predicted octanol–water partition coefficient (Wildman–Crippen LogP) is 3.39. The molecule has 0 saturated heterocycles. The van der Waals surface area contributed by atoms with E-state index in [1.807, 2.05) is 24.3 Å². The van der Waals surface area contributed by atoms with Crippen LogP contribution in [0, 0.1) is 0 Å². The molecule has 0 saturated carbocycles. The lowest BCUT2D eigenvalue weighted by Crippen LogP contribution is -2.23. The first-order valence-electron chi connectivity index (χ1n) is 12.3. The molecule has 3 aromatic carbocycles. The molecular formula is C29H36N2O5. The Labute approximate surface area is 212 Å². The van der Waals surface area contributed by atoms with Gasteiger partial charge in [-0.15, -0.1) is 0 Å². The molecule has 0 bridgehead atoms. The third kappa shape index (κ3) is 8.77. The Balaban J connectivity index is 1.32. The van der Waals surface area contributed by atoms with E-state index in [9.17, 15) is 20.1 Å². The minimum Gasteiger partial charge on any atom is -0.508 e. The average Bonchev–Trinajstić information content (AvgIpc) is 2.89. The van der Waals surface area contributed by atoms with Gasteiger partial charge in [0, 0.05) is 24.3 Å². The largest absolute Gasteiger partial charge is 0.508 e. The van der Waals surface area contributed by atoms with Crippen LogP contribution in [0.25, 0.3) is 0 Å². The third-order valence-electron chi connectivity index (χ3n) is 6.06. The van der Waals surface area contributed by atoms with Crippen molar-refractivity contribution in [2.75, 3.05) is 19.7 Å². The van der Waals surface area contributed by atoms with Gasteiger partial charge in [0.25, 0.3) is 0 Å². The van der Waals surface area contributed by atoms with Crippen LogP contribution in [-0.4, -0.2) is 40.9 Å². The molecule has 6 N–H and O–H groups in total. The number of carbonyl (C=O) groups excluding carboxylic acids is 1. The number of amides is 1. The monoisotopic (exact) mass is 492 g/mol. The summed E-state index contributed by atoms with van der Waals surface area (Å²) in [4.78, 5) is 11.3. The van der Waals surface area contributed by atoms with Crippen LogP contribution in [-0.2, 0) is 30.8 Å². The zero-order chi connectivity index (χ0) is 25.8. The fourth-order valence-corrected chi connectivity index (χ4v) is 4.01. The minimum atomic E-state index is -0.720. The standard InChI is InChI=1S/C29H36N2O5/c30-29(35)25-9-4-7-21(16-25)5-1-2-14-36-20-23-8-3-6-22(15-23)12-13-31-18-28(34)24-10-11-27(33)26(17-24)19-32/h3-4,6-11,15-17,28,31-34H,1-2,5,12-14,18-20H2,(H2,30,35)/t28-/m1/s1. The number of unbranched alkanes of at least 4 members (excludes halogenated alkanes) is 1. The molecule has 7 nitrogen and oxygen atoms in total. The van der Waals surface area contributed by atoms with E-state index in [0.29, 0.717) is 43.0 Å². The minimum absolute atomic E-state index is 0.0256. The molecule has 7 heteroatoms.